The van der Waals surface area contributed by atoms with Crippen LogP contribution in [0.25, 0.3) is 0 Å². The highest BCUT2D eigenvalue weighted by molar-refractivity contribution is 6.24. The number of hydrazone groups is 1. The molecule has 2 amide bonds. The Morgan fingerprint density at radius 2 is 1.60 bits per heavy atom. The Morgan fingerprint density at radius 3 is 2.31 bits per heavy atom. The van der Waals surface area contributed by atoms with E-state index in [1.807, 2.05) is 24.3 Å². The molecule has 2 fully saturated rings. The number of benzene rings is 3. The Kier molecular flexibility index (Phi) is 4.77. The van der Waals surface area contributed by atoms with Crippen molar-refractivity contribution < 1.29 is 23.5 Å². The van der Waals surface area contributed by atoms with Crippen LogP contribution < -0.4 is 9.64 Å². The van der Waals surface area contributed by atoms with E-state index in [0.29, 0.717) is 11.3 Å². The van der Waals surface area contributed by atoms with Crippen molar-refractivity contribution in [2.24, 2.45) is 16.9 Å². The fourth-order valence-electron chi connectivity index (χ4n) is 5.44. The molecule has 6 rings (SSSR count). The third-order valence-corrected chi connectivity index (χ3v) is 7.02. The smallest absolute Gasteiger partial charge is 0.240 e. The van der Waals surface area contributed by atoms with Crippen molar-refractivity contribution >= 4 is 29.5 Å². The summed E-state index contributed by atoms with van der Waals surface area (Å²) in [5.41, 5.74) is 2.35. The van der Waals surface area contributed by atoms with Crippen molar-refractivity contribution in [3.05, 3.63) is 95.3 Å². The molecule has 174 valence electrons. The molecule has 35 heavy (non-hydrogen) atoms. The first-order valence-corrected chi connectivity index (χ1v) is 11.2. The van der Waals surface area contributed by atoms with Gasteiger partial charge >= 0.3 is 0 Å². The average Bonchev–Trinajstić information content (AvgIpc) is 3.37. The number of anilines is 1. The maximum atomic E-state index is 13.8. The summed E-state index contributed by atoms with van der Waals surface area (Å²) in [6.45, 7) is 0. The van der Waals surface area contributed by atoms with Crippen LogP contribution in [0.4, 0.5) is 10.1 Å². The number of hydrogen-bond donors (Lipinski definition) is 0. The summed E-state index contributed by atoms with van der Waals surface area (Å²) < 4.78 is 18.7. The monoisotopic (exact) mass is 469 g/mol. The van der Waals surface area contributed by atoms with E-state index in [9.17, 15) is 18.8 Å². The van der Waals surface area contributed by atoms with Crippen LogP contribution in [0.15, 0.2) is 77.9 Å². The number of fused-ring (bicyclic) bond motifs is 5. The van der Waals surface area contributed by atoms with Crippen LogP contribution in [0.1, 0.15) is 27.5 Å². The second-order valence-corrected chi connectivity index (χ2v) is 8.78. The van der Waals surface area contributed by atoms with Gasteiger partial charge in [-0.05, 0) is 59.7 Å². The normalized spacial score (nSPS) is 24.3. The zero-order valence-corrected chi connectivity index (χ0v) is 18.7. The SMILES string of the molecule is COc1ccc(C(=O)[C@H]2[C@@H]3C(=O)N(c4ccc(F)cc4)C(=O)[C@@H]3[C@H]3c4ccccc4C=NN32)cc1. The largest absolute Gasteiger partial charge is 0.497 e. The van der Waals surface area contributed by atoms with E-state index in [1.54, 1.807) is 35.5 Å². The predicted molar refractivity (Wildman–Crippen MR) is 126 cm³/mol. The number of nitrogens with zero attached hydrogens (tertiary/aromatic N) is 3. The van der Waals surface area contributed by atoms with E-state index in [4.69, 9.17) is 4.74 Å². The minimum absolute atomic E-state index is 0.283. The van der Waals surface area contributed by atoms with Crippen LogP contribution in [-0.4, -0.2) is 42.0 Å². The summed E-state index contributed by atoms with van der Waals surface area (Å²) in [4.78, 5) is 42.4. The molecule has 3 aromatic rings. The van der Waals surface area contributed by atoms with Gasteiger partial charge in [0.15, 0.2) is 5.78 Å². The van der Waals surface area contributed by atoms with Crippen LogP contribution in [0, 0.1) is 17.7 Å². The van der Waals surface area contributed by atoms with E-state index in [0.717, 1.165) is 16.0 Å². The first kappa shape index (κ1) is 21.2. The fourth-order valence-corrected chi connectivity index (χ4v) is 5.44. The highest BCUT2D eigenvalue weighted by Gasteiger charge is 2.65. The Labute approximate surface area is 200 Å². The van der Waals surface area contributed by atoms with E-state index >= 15 is 0 Å². The Balaban J connectivity index is 1.47. The minimum Gasteiger partial charge on any atom is -0.497 e. The maximum Gasteiger partial charge on any atom is 0.240 e. The number of imide groups is 1. The zero-order valence-electron chi connectivity index (χ0n) is 18.7. The van der Waals surface area contributed by atoms with Crippen LogP contribution in [0.3, 0.4) is 0 Å². The molecule has 0 radical (unpaired) electrons. The van der Waals surface area contributed by atoms with Gasteiger partial charge in [-0.2, -0.15) is 5.10 Å². The van der Waals surface area contributed by atoms with Gasteiger partial charge in [0.25, 0.3) is 0 Å². The average molecular weight is 469 g/mol. The predicted octanol–water partition coefficient (Wildman–Crippen LogP) is 3.60. The Bertz CT molecular complexity index is 1390. The molecule has 0 unspecified atom stereocenters. The number of ketones is 1. The van der Waals surface area contributed by atoms with Gasteiger partial charge in [-0.1, -0.05) is 24.3 Å². The highest BCUT2D eigenvalue weighted by atomic mass is 19.1. The number of Topliss-reactive ketones (excluding diaryl/α,β-unsaturated/α-hetero) is 1. The zero-order chi connectivity index (χ0) is 24.3. The maximum absolute atomic E-state index is 13.8. The first-order valence-electron chi connectivity index (χ1n) is 11.2. The number of ether oxygens (including phenoxy) is 1. The van der Waals surface area contributed by atoms with Gasteiger partial charge in [-0.3, -0.25) is 19.4 Å². The quantitative estimate of drug-likeness (QED) is 0.431. The Morgan fingerprint density at radius 1 is 0.914 bits per heavy atom. The van der Waals surface area contributed by atoms with Gasteiger partial charge in [-0.15, -0.1) is 0 Å². The van der Waals surface area contributed by atoms with Crippen molar-refractivity contribution in [2.45, 2.75) is 12.1 Å². The second-order valence-electron chi connectivity index (χ2n) is 8.78. The third-order valence-electron chi connectivity index (χ3n) is 7.02. The lowest BCUT2D eigenvalue weighted by Crippen LogP contribution is -2.44. The number of halogens is 1. The molecule has 0 aliphatic carbocycles. The fraction of sp³-hybridized carbons (Fsp3) is 0.185. The molecule has 3 heterocycles. The van der Waals surface area contributed by atoms with Gasteiger partial charge in [0, 0.05) is 5.56 Å². The third kappa shape index (κ3) is 3.10. The number of methoxy groups -OCH3 is 1. The molecule has 2 saturated heterocycles. The molecule has 8 heteroatoms. The summed E-state index contributed by atoms with van der Waals surface area (Å²) in [5, 5.41) is 6.16. The molecule has 4 atom stereocenters. The van der Waals surface area contributed by atoms with Crippen molar-refractivity contribution in [1.82, 2.24) is 5.01 Å². The topological polar surface area (TPSA) is 79.3 Å². The van der Waals surface area contributed by atoms with Gasteiger partial charge in [0.2, 0.25) is 11.8 Å². The van der Waals surface area contributed by atoms with Crippen LogP contribution in [0.5, 0.6) is 5.75 Å². The summed E-state index contributed by atoms with van der Waals surface area (Å²) in [6.07, 6.45) is 1.66. The summed E-state index contributed by atoms with van der Waals surface area (Å²) >= 11 is 0. The molecular formula is C27H20FN3O4. The molecule has 0 spiro atoms. The van der Waals surface area contributed by atoms with Crippen molar-refractivity contribution in [3.8, 4) is 5.75 Å². The summed E-state index contributed by atoms with van der Waals surface area (Å²) in [5.74, 6) is -2.82. The van der Waals surface area contributed by atoms with E-state index < -0.39 is 41.6 Å². The summed E-state index contributed by atoms with van der Waals surface area (Å²) in [6, 6.07) is 17.8. The van der Waals surface area contributed by atoms with Crippen LogP contribution >= 0.6 is 0 Å². The Hall–Kier alpha value is -4.33. The van der Waals surface area contributed by atoms with Crippen molar-refractivity contribution in [3.63, 3.8) is 0 Å². The number of rotatable bonds is 4. The van der Waals surface area contributed by atoms with Gasteiger partial charge in [0.1, 0.15) is 17.6 Å². The number of carbonyl (C=O) groups is 3. The summed E-state index contributed by atoms with van der Waals surface area (Å²) in [7, 11) is 1.54. The molecule has 0 N–H and O–H groups in total. The number of amides is 2. The molecule has 0 saturated carbocycles. The van der Waals surface area contributed by atoms with Crippen LogP contribution in [0.2, 0.25) is 0 Å². The first-order chi connectivity index (χ1) is 17.0. The lowest BCUT2D eigenvalue weighted by Gasteiger charge is -2.33. The minimum atomic E-state index is -0.968. The molecule has 3 aliphatic heterocycles. The number of carbonyl (C=O) groups excluding carboxylic acids is 3. The standard InChI is InChI=1S/C27H20FN3O4/c1-35-19-12-6-15(7-13-19)25(32)24-22-21(23-20-5-3-2-4-16(20)14-29-31(23)24)26(33)30(27(22)34)18-10-8-17(28)9-11-18/h2-14,21-24H,1H3/t21-,22+,23+,24+/m0/s1. The molecule has 3 aliphatic rings. The van der Waals surface area contributed by atoms with Crippen LogP contribution in [-0.2, 0) is 9.59 Å². The van der Waals surface area contributed by atoms with E-state index in [-0.39, 0.29) is 11.5 Å². The lowest BCUT2D eigenvalue weighted by molar-refractivity contribution is -0.124. The molecule has 0 bridgehead atoms. The molecule has 3 aromatic carbocycles. The van der Waals surface area contributed by atoms with E-state index in [1.165, 1.54) is 31.4 Å². The van der Waals surface area contributed by atoms with Gasteiger partial charge in [0.05, 0.1) is 36.9 Å². The molecular weight excluding hydrogens is 449 g/mol. The molecule has 7 nitrogen and oxygen atoms in total. The van der Waals surface area contributed by atoms with Gasteiger partial charge < -0.3 is 4.74 Å². The molecule has 0 aromatic heterocycles. The van der Waals surface area contributed by atoms with Crippen molar-refractivity contribution in [2.75, 3.05) is 12.0 Å². The number of hydrogen-bond acceptors (Lipinski definition) is 6. The van der Waals surface area contributed by atoms with Gasteiger partial charge in [-0.25, -0.2) is 9.29 Å². The van der Waals surface area contributed by atoms with Crippen molar-refractivity contribution in [1.29, 1.82) is 0 Å². The van der Waals surface area contributed by atoms with E-state index in [2.05, 4.69) is 5.10 Å². The second kappa shape index (κ2) is 7.87. The highest BCUT2D eigenvalue weighted by Crippen LogP contribution is 2.53. The lowest BCUT2D eigenvalue weighted by atomic mass is 9.83.